The van der Waals surface area contributed by atoms with Crippen molar-refractivity contribution in [2.45, 2.75) is 51.5 Å². The molecular weight excluding hydrogens is 360 g/mol. The SMILES string of the molecule is CCCCCC1C#CCCOS(=O)(=O)N1C(=O)CCN1C(=O)C=CC1=O. The van der Waals surface area contributed by atoms with E-state index in [-0.39, 0.29) is 26.0 Å². The molecule has 0 spiro atoms. The van der Waals surface area contributed by atoms with E-state index in [2.05, 4.69) is 11.8 Å². The number of hydrogen-bond donors (Lipinski definition) is 0. The summed E-state index contributed by atoms with van der Waals surface area (Å²) < 4.78 is 30.4. The zero-order valence-corrected chi connectivity index (χ0v) is 15.5. The molecule has 0 radical (unpaired) electrons. The first-order valence-corrected chi connectivity index (χ1v) is 9.97. The summed E-state index contributed by atoms with van der Waals surface area (Å²) in [5, 5.41) is 0. The Morgan fingerprint density at radius 2 is 1.96 bits per heavy atom. The van der Waals surface area contributed by atoms with E-state index in [1.54, 1.807) is 0 Å². The Kier molecular flexibility index (Phi) is 6.94. The van der Waals surface area contributed by atoms with Crippen LogP contribution < -0.4 is 0 Å². The number of amides is 3. The molecule has 26 heavy (non-hydrogen) atoms. The Labute approximate surface area is 153 Å². The first-order chi connectivity index (χ1) is 12.4. The predicted octanol–water partition coefficient (Wildman–Crippen LogP) is 0.748. The number of hydrogen-bond acceptors (Lipinski definition) is 6. The summed E-state index contributed by atoms with van der Waals surface area (Å²) in [4.78, 5) is 36.7. The smallest absolute Gasteiger partial charge is 0.275 e. The molecule has 2 heterocycles. The van der Waals surface area contributed by atoms with Crippen molar-refractivity contribution in [2.75, 3.05) is 13.2 Å². The molecule has 0 bridgehead atoms. The van der Waals surface area contributed by atoms with E-state index in [1.807, 2.05) is 6.92 Å². The normalized spacial score (nSPS) is 22.0. The van der Waals surface area contributed by atoms with E-state index in [9.17, 15) is 22.8 Å². The van der Waals surface area contributed by atoms with Gasteiger partial charge in [0, 0.05) is 31.5 Å². The fraction of sp³-hybridized carbons (Fsp3) is 0.588. The number of nitrogens with zero attached hydrogens (tertiary/aromatic N) is 2. The van der Waals surface area contributed by atoms with E-state index < -0.39 is 34.1 Å². The third kappa shape index (κ3) is 4.93. The van der Waals surface area contributed by atoms with Crippen molar-refractivity contribution in [1.82, 2.24) is 9.21 Å². The molecule has 9 heteroatoms. The van der Waals surface area contributed by atoms with Crippen LogP contribution in [0.2, 0.25) is 0 Å². The first kappa shape index (κ1) is 20.1. The van der Waals surface area contributed by atoms with Crippen LogP contribution in [0.1, 0.15) is 45.4 Å². The fourth-order valence-electron chi connectivity index (χ4n) is 2.70. The lowest BCUT2D eigenvalue weighted by Crippen LogP contribution is -2.46. The maximum Gasteiger partial charge on any atom is 0.365 e. The van der Waals surface area contributed by atoms with Gasteiger partial charge in [-0.05, 0) is 6.42 Å². The summed E-state index contributed by atoms with van der Waals surface area (Å²) in [6.07, 6.45) is 5.17. The van der Waals surface area contributed by atoms with Crippen LogP contribution in [0.5, 0.6) is 0 Å². The van der Waals surface area contributed by atoms with Crippen molar-refractivity contribution in [2.24, 2.45) is 0 Å². The van der Waals surface area contributed by atoms with Crippen LogP contribution in [-0.2, 0) is 28.9 Å². The molecule has 3 amide bonds. The largest absolute Gasteiger partial charge is 0.365 e. The third-order valence-corrected chi connectivity index (χ3v) is 5.43. The molecule has 2 aliphatic heterocycles. The molecule has 8 nitrogen and oxygen atoms in total. The second-order valence-corrected chi connectivity index (χ2v) is 7.45. The number of unbranched alkanes of at least 4 members (excludes halogenated alkanes) is 2. The van der Waals surface area contributed by atoms with Crippen molar-refractivity contribution in [3.63, 3.8) is 0 Å². The Morgan fingerprint density at radius 3 is 2.62 bits per heavy atom. The van der Waals surface area contributed by atoms with Crippen molar-refractivity contribution in [3.05, 3.63) is 12.2 Å². The standard InChI is InChI=1S/C17H22N2O6S/c1-2-3-4-7-14-8-5-6-13-25-26(23,24)19(14)17(22)11-12-18-15(20)9-10-16(18)21/h9-10,14H,2-4,6-7,11-13H2,1H3. The lowest BCUT2D eigenvalue weighted by Gasteiger charge is -2.28. The van der Waals surface area contributed by atoms with E-state index in [4.69, 9.17) is 4.18 Å². The van der Waals surface area contributed by atoms with Gasteiger partial charge in [0.2, 0.25) is 5.91 Å². The van der Waals surface area contributed by atoms with Gasteiger partial charge in [0.15, 0.2) is 0 Å². The molecule has 142 valence electrons. The highest BCUT2D eigenvalue weighted by Gasteiger charge is 2.36. The summed E-state index contributed by atoms with van der Waals surface area (Å²) in [6, 6.07) is -0.803. The maximum atomic E-state index is 12.6. The van der Waals surface area contributed by atoms with Crippen LogP contribution in [-0.4, -0.2) is 54.5 Å². The Balaban J connectivity index is 2.14. The van der Waals surface area contributed by atoms with Crippen LogP contribution in [0.3, 0.4) is 0 Å². The average molecular weight is 382 g/mol. The lowest BCUT2D eigenvalue weighted by atomic mass is 10.1. The summed E-state index contributed by atoms with van der Waals surface area (Å²) in [6.45, 7) is 1.71. The van der Waals surface area contributed by atoms with Crippen LogP contribution in [0.25, 0.3) is 0 Å². The molecule has 0 aliphatic carbocycles. The topological polar surface area (TPSA) is 101 Å². The molecule has 1 unspecified atom stereocenters. The lowest BCUT2D eigenvalue weighted by molar-refractivity contribution is -0.137. The molecular formula is C17H22N2O6S. The first-order valence-electron chi connectivity index (χ1n) is 8.60. The van der Waals surface area contributed by atoms with E-state index in [0.29, 0.717) is 10.7 Å². The van der Waals surface area contributed by atoms with Gasteiger partial charge in [-0.15, -0.1) is 0 Å². The molecule has 0 aromatic carbocycles. The summed E-state index contributed by atoms with van der Waals surface area (Å²) >= 11 is 0. The van der Waals surface area contributed by atoms with Gasteiger partial charge in [-0.25, -0.2) is 4.31 Å². The molecule has 2 rings (SSSR count). The fourth-order valence-corrected chi connectivity index (χ4v) is 3.92. The molecule has 1 atom stereocenters. The van der Waals surface area contributed by atoms with Crippen LogP contribution in [0.15, 0.2) is 12.2 Å². The monoisotopic (exact) mass is 382 g/mol. The predicted molar refractivity (Wildman–Crippen MR) is 92.5 cm³/mol. The van der Waals surface area contributed by atoms with E-state index in [0.717, 1.165) is 36.3 Å². The van der Waals surface area contributed by atoms with Crippen LogP contribution in [0, 0.1) is 11.8 Å². The van der Waals surface area contributed by atoms with Gasteiger partial charge < -0.3 is 0 Å². The second-order valence-electron chi connectivity index (χ2n) is 5.96. The molecule has 0 aromatic heterocycles. The van der Waals surface area contributed by atoms with E-state index >= 15 is 0 Å². The highest BCUT2D eigenvalue weighted by molar-refractivity contribution is 7.84. The van der Waals surface area contributed by atoms with Crippen LogP contribution >= 0.6 is 0 Å². The number of carbonyl (C=O) groups is 3. The Bertz CT molecular complexity index is 744. The zero-order valence-electron chi connectivity index (χ0n) is 14.6. The van der Waals surface area contributed by atoms with Gasteiger partial charge in [-0.1, -0.05) is 38.0 Å². The molecule has 0 N–H and O–H groups in total. The summed E-state index contributed by atoms with van der Waals surface area (Å²) in [5.41, 5.74) is 0. The number of imide groups is 1. The number of carbonyl (C=O) groups excluding carboxylic acids is 3. The number of rotatable bonds is 7. The highest BCUT2D eigenvalue weighted by Crippen LogP contribution is 2.19. The minimum absolute atomic E-state index is 0.117. The average Bonchev–Trinajstić information content (AvgIpc) is 2.89. The van der Waals surface area contributed by atoms with Crippen molar-refractivity contribution in [1.29, 1.82) is 0 Å². The van der Waals surface area contributed by atoms with Gasteiger partial charge in [0.1, 0.15) is 6.04 Å². The minimum Gasteiger partial charge on any atom is -0.275 e. The quantitative estimate of drug-likeness (QED) is 0.366. The molecule has 0 saturated carbocycles. The zero-order chi connectivity index (χ0) is 19.2. The molecule has 2 aliphatic rings. The van der Waals surface area contributed by atoms with Crippen molar-refractivity contribution in [3.8, 4) is 11.8 Å². The van der Waals surface area contributed by atoms with Gasteiger partial charge in [0.05, 0.1) is 6.61 Å². The molecule has 0 saturated heterocycles. The maximum absolute atomic E-state index is 12.6. The van der Waals surface area contributed by atoms with Crippen LogP contribution in [0.4, 0.5) is 0 Å². The van der Waals surface area contributed by atoms with Gasteiger partial charge in [-0.3, -0.25) is 23.5 Å². The van der Waals surface area contributed by atoms with Gasteiger partial charge in [0.25, 0.3) is 11.8 Å². The highest BCUT2D eigenvalue weighted by atomic mass is 32.2. The minimum atomic E-state index is -4.26. The second kappa shape index (κ2) is 8.96. The van der Waals surface area contributed by atoms with Crippen molar-refractivity contribution >= 4 is 28.0 Å². The summed E-state index contributed by atoms with van der Waals surface area (Å²) in [7, 11) is -4.26. The van der Waals surface area contributed by atoms with E-state index in [1.165, 1.54) is 0 Å². The third-order valence-electron chi connectivity index (χ3n) is 4.03. The Hall–Kier alpha value is -2.18. The summed E-state index contributed by atoms with van der Waals surface area (Å²) in [5.74, 6) is 3.91. The van der Waals surface area contributed by atoms with Crippen molar-refractivity contribution < 1.29 is 27.0 Å². The van der Waals surface area contributed by atoms with Gasteiger partial charge >= 0.3 is 10.3 Å². The molecule has 0 aromatic rings. The molecule has 0 fully saturated rings. The van der Waals surface area contributed by atoms with Gasteiger partial charge in [-0.2, -0.15) is 8.42 Å². The Morgan fingerprint density at radius 1 is 1.27 bits per heavy atom.